The molecule has 1 aliphatic heterocycles. The fourth-order valence-electron chi connectivity index (χ4n) is 2.65. The van der Waals surface area contributed by atoms with E-state index in [4.69, 9.17) is 23.2 Å². The van der Waals surface area contributed by atoms with Gasteiger partial charge in [-0.15, -0.1) is 0 Å². The Balaban J connectivity index is 1.71. The van der Waals surface area contributed by atoms with Crippen LogP contribution in [-0.4, -0.2) is 19.0 Å². The molecule has 1 saturated heterocycles. The number of anilines is 1. The predicted octanol–water partition coefficient (Wildman–Crippen LogP) is 4.32. The van der Waals surface area contributed by atoms with E-state index in [0.29, 0.717) is 21.5 Å². The summed E-state index contributed by atoms with van der Waals surface area (Å²) in [5, 5.41) is 7.07. The summed E-state index contributed by atoms with van der Waals surface area (Å²) in [6.07, 6.45) is 1.16. The zero-order valence-corrected chi connectivity index (χ0v) is 13.4. The third kappa shape index (κ3) is 3.43. The van der Waals surface area contributed by atoms with E-state index in [0.717, 1.165) is 25.2 Å². The Morgan fingerprint density at radius 3 is 2.55 bits per heavy atom. The number of carbonyl (C=O) groups excluding carboxylic acids is 1. The molecule has 1 fully saturated rings. The Labute approximate surface area is 139 Å². The highest BCUT2D eigenvalue weighted by molar-refractivity contribution is 6.37. The van der Waals surface area contributed by atoms with Crippen LogP contribution in [0.4, 0.5) is 5.69 Å². The first-order valence-electron chi connectivity index (χ1n) is 7.20. The van der Waals surface area contributed by atoms with E-state index in [1.54, 1.807) is 18.2 Å². The topological polar surface area (TPSA) is 41.1 Å². The molecule has 2 aromatic rings. The number of benzene rings is 2. The maximum Gasteiger partial charge on any atom is 0.257 e. The Bertz CT molecular complexity index is 680. The van der Waals surface area contributed by atoms with Crippen LogP contribution in [0.2, 0.25) is 10.0 Å². The maximum atomic E-state index is 12.2. The molecule has 0 radical (unpaired) electrons. The Morgan fingerprint density at radius 1 is 1.14 bits per heavy atom. The minimum atomic E-state index is -0.239. The first-order chi connectivity index (χ1) is 10.6. The molecular formula is C17H16Cl2N2O. The van der Waals surface area contributed by atoms with Gasteiger partial charge < -0.3 is 10.6 Å². The number of amides is 1. The minimum absolute atomic E-state index is 0.239. The molecule has 114 valence electrons. The first kappa shape index (κ1) is 15.3. The smallest absolute Gasteiger partial charge is 0.257 e. The van der Waals surface area contributed by atoms with Crippen molar-refractivity contribution in [2.24, 2.45) is 0 Å². The van der Waals surface area contributed by atoms with Gasteiger partial charge in [0, 0.05) is 17.3 Å². The number of hydrogen-bond donors (Lipinski definition) is 2. The molecule has 0 aliphatic carbocycles. The lowest BCUT2D eigenvalue weighted by Crippen LogP contribution is -2.12. The van der Waals surface area contributed by atoms with Gasteiger partial charge in [0.25, 0.3) is 5.91 Å². The molecule has 1 atom stereocenters. The molecule has 5 heteroatoms. The molecule has 2 N–H and O–H groups in total. The lowest BCUT2D eigenvalue weighted by molar-refractivity contribution is 0.102. The molecule has 1 aliphatic rings. The summed E-state index contributed by atoms with van der Waals surface area (Å²) in [6.45, 7) is 2.09. The number of carbonyl (C=O) groups is 1. The van der Waals surface area contributed by atoms with Crippen molar-refractivity contribution in [2.75, 3.05) is 18.4 Å². The average molecular weight is 335 g/mol. The predicted molar refractivity (Wildman–Crippen MR) is 91.1 cm³/mol. The van der Waals surface area contributed by atoms with Gasteiger partial charge in [0.05, 0.1) is 10.6 Å². The van der Waals surface area contributed by atoms with Crippen molar-refractivity contribution in [1.29, 1.82) is 0 Å². The van der Waals surface area contributed by atoms with Gasteiger partial charge in [0.2, 0.25) is 0 Å². The van der Waals surface area contributed by atoms with Crippen molar-refractivity contribution in [3.63, 3.8) is 0 Å². The van der Waals surface area contributed by atoms with Crippen molar-refractivity contribution < 1.29 is 4.79 Å². The summed E-state index contributed by atoms with van der Waals surface area (Å²) in [4.78, 5) is 12.2. The summed E-state index contributed by atoms with van der Waals surface area (Å²) in [5.41, 5.74) is 2.47. The van der Waals surface area contributed by atoms with Crippen LogP contribution in [0.25, 0.3) is 0 Å². The van der Waals surface area contributed by atoms with Crippen molar-refractivity contribution in [2.45, 2.75) is 12.3 Å². The quantitative estimate of drug-likeness (QED) is 0.877. The second-order valence-electron chi connectivity index (χ2n) is 5.39. The van der Waals surface area contributed by atoms with Crippen LogP contribution < -0.4 is 10.6 Å². The van der Waals surface area contributed by atoms with Crippen molar-refractivity contribution >= 4 is 34.8 Å². The maximum absolute atomic E-state index is 12.2. The van der Waals surface area contributed by atoms with E-state index in [1.807, 2.05) is 12.1 Å². The summed E-state index contributed by atoms with van der Waals surface area (Å²) in [7, 11) is 0. The van der Waals surface area contributed by atoms with Gasteiger partial charge in [-0.05, 0) is 54.8 Å². The van der Waals surface area contributed by atoms with E-state index in [2.05, 4.69) is 22.8 Å². The minimum Gasteiger partial charge on any atom is -0.322 e. The zero-order chi connectivity index (χ0) is 15.5. The molecule has 22 heavy (non-hydrogen) atoms. The third-order valence-corrected chi connectivity index (χ3v) is 4.42. The van der Waals surface area contributed by atoms with E-state index in [9.17, 15) is 4.79 Å². The van der Waals surface area contributed by atoms with E-state index in [-0.39, 0.29) is 5.91 Å². The SMILES string of the molecule is O=C(Nc1ccc([C@H]2CCNC2)cc1)c1ccc(Cl)cc1Cl. The molecule has 0 bridgehead atoms. The standard InChI is InChI=1S/C17H16Cl2N2O/c18-13-3-6-15(16(19)9-13)17(22)21-14-4-1-11(2-5-14)12-7-8-20-10-12/h1-6,9,12,20H,7-8,10H2,(H,21,22)/t12-/m0/s1. The lowest BCUT2D eigenvalue weighted by atomic mass is 9.98. The molecule has 0 spiro atoms. The Hall–Kier alpha value is -1.55. The summed E-state index contributed by atoms with van der Waals surface area (Å²) in [5.74, 6) is 0.326. The lowest BCUT2D eigenvalue weighted by Gasteiger charge is -2.11. The molecule has 1 amide bonds. The summed E-state index contributed by atoms with van der Waals surface area (Å²) < 4.78 is 0. The van der Waals surface area contributed by atoms with Crippen LogP contribution in [0.3, 0.4) is 0 Å². The second-order valence-corrected chi connectivity index (χ2v) is 6.23. The van der Waals surface area contributed by atoms with Gasteiger partial charge in [0.1, 0.15) is 0 Å². The second kappa shape index (κ2) is 6.69. The molecule has 3 nitrogen and oxygen atoms in total. The number of nitrogens with one attached hydrogen (secondary N) is 2. The van der Waals surface area contributed by atoms with Gasteiger partial charge in [-0.3, -0.25) is 4.79 Å². The highest BCUT2D eigenvalue weighted by atomic mass is 35.5. The van der Waals surface area contributed by atoms with Crippen LogP contribution in [0.1, 0.15) is 28.3 Å². The summed E-state index contributed by atoms with van der Waals surface area (Å²) in [6, 6.07) is 12.8. The monoisotopic (exact) mass is 334 g/mol. The van der Waals surface area contributed by atoms with Crippen molar-refractivity contribution in [3.8, 4) is 0 Å². The van der Waals surface area contributed by atoms with Crippen molar-refractivity contribution in [1.82, 2.24) is 5.32 Å². The van der Waals surface area contributed by atoms with E-state index >= 15 is 0 Å². The van der Waals surface area contributed by atoms with Gasteiger partial charge in [-0.2, -0.15) is 0 Å². The largest absolute Gasteiger partial charge is 0.322 e. The molecule has 3 rings (SSSR count). The number of rotatable bonds is 3. The van der Waals surface area contributed by atoms with Gasteiger partial charge in [-0.1, -0.05) is 35.3 Å². The molecule has 1 heterocycles. The molecule has 0 unspecified atom stereocenters. The highest BCUT2D eigenvalue weighted by Gasteiger charge is 2.16. The van der Waals surface area contributed by atoms with Crippen molar-refractivity contribution in [3.05, 3.63) is 63.6 Å². The van der Waals surface area contributed by atoms with Gasteiger partial charge in [-0.25, -0.2) is 0 Å². The van der Waals surface area contributed by atoms with Gasteiger partial charge in [0.15, 0.2) is 0 Å². The van der Waals surface area contributed by atoms with Crippen LogP contribution in [-0.2, 0) is 0 Å². The highest BCUT2D eigenvalue weighted by Crippen LogP contribution is 2.25. The zero-order valence-electron chi connectivity index (χ0n) is 11.9. The Kier molecular flexibility index (Phi) is 4.67. The number of halogens is 2. The normalized spacial score (nSPS) is 17.5. The van der Waals surface area contributed by atoms with Crippen LogP contribution in [0.15, 0.2) is 42.5 Å². The third-order valence-electron chi connectivity index (χ3n) is 3.88. The molecular weight excluding hydrogens is 319 g/mol. The van der Waals surface area contributed by atoms with Gasteiger partial charge >= 0.3 is 0 Å². The molecule has 2 aromatic carbocycles. The van der Waals surface area contributed by atoms with Crippen LogP contribution in [0, 0.1) is 0 Å². The van der Waals surface area contributed by atoms with E-state index in [1.165, 1.54) is 5.56 Å². The first-order valence-corrected chi connectivity index (χ1v) is 7.96. The van der Waals surface area contributed by atoms with Crippen LogP contribution in [0.5, 0.6) is 0 Å². The molecule has 0 saturated carbocycles. The fraction of sp³-hybridized carbons (Fsp3) is 0.235. The van der Waals surface area contributed by atoms with E-state index < -0.39 is 0 Å². The summed E-state index contributed by atoms with van der Waals surface area (Å²) >= 11 is 11.9. The van der Waals surface area contributed by atoms with Crippen LogP contribution >= 0.6 is 23.2 Å². The fourth-order valence-corrected chi connectivity index (χ4v) is 3.14. The average Bonchev–Trinajstić information content (AvgIpc) is 3.02. The molecule has 0 aromatic heterocycles. The Morgan fingerprint density at radius 2 is 1.91 bits per heavy atom. The number of hydrogen-bond acceptors (Lipinski definition) is 2.